The highest BCUT2D eigenvalue weighted by Crippen LogP contribution is 2.28. The first-order chi connectivity index (χ1) is 12.0. The molecular formula is C17H15FN4O2S. The van der Waals surface area contributed by atoms with Gasteiger partial charge < -0.3 is 15.4 Å². The third-order valence-electron chi connectivity index (χ3n) is 3.46. The molecule has 6 nitrogen and oxygen atoms in total. The summed E-state index contributed by atoms with van der Waals surface area (Å²) in [6, 6.07) is 11.2. The number of rotatable bonds is 3. The number of nitrogens with one attached hydrogen (secondary N) is 3. The van der Waals surface area contributed by atoms with Crippen LogP contribution >= 0.6 is 12.2 Å². The van der Waals surface area contributed by atoms with Gasteiger partial charge in [0.15, 0.2) is 11.7 Å². The van der Waals surface area contributed by atoms with Crippen LogP contribution in [0.2, 0.25) is 0 Å². The minimum absolute atomic E-state index is 0.0182. The third kappa shape index (κ3) is 4.30. The Bertz CT molecular complexity index is 852. The predicted molar refractivity (Wildman–Crippen MR) is 98.5 cm³/mol. The van der Waals surface area contributed by atoms with Crippen molar-refractivity contribution in [3.63, 3.8) is 0 Å². The minimum atomic E-state index is -0.318. The molecule has 2 aromatic carbocycles. The van der Waals surface area contributed by atoms with E-state index in [1.54, 1.807) is 31.2 Å². The third-order valence-corrected chi connectivity index (χ3v) is 3.65. The van der Waals surface area contributed by atoms with Gasteiger partial charge in [0, 0.05) is 5.69 Å². The molecule has 0 unspecified atom stereocenters. The van der Waals surface area contributed by atoms with Gasteiger partial charge in [0.05, 0.1) is 11.4 Å². The van der Waals surface area contributed by atoms with Gasteiger partial charge in [-0.2, -0.15) is 5.10 Å². The van der Waals surface area contributed by atoms with Crippen LogP contribution in [0.5, 0.6) is 5.75 Å². The Labute approximate surface area is 149 Å². The van der Waals surface area contributed by atoms with Gasteiger partial charge in [-0.05, 0) is 67.2 Å². The van der Waals surface area contributed by atoms with Crippen LogP contribution in [0.15, 0.2) is 47.6 Å². The van der Waals surface area contributed by atoms with E-state index in [1.165, 1.54) is 12.1 Å². The molecule has 0 saturated heterocycles. The first-order valence-corrected chi connectivity index (χ1v) is 7.86. The minimum Gasteiger partial charge on any atom is -0.482 e. The number of anilines is 2. The van der Waals surface area contributed by atoms with Crippen molar-refractivity contribution in [2.45, 2.75) is 6.92 Å². The number of halogens is 1. The molecule has 1 heterocycles. The van der Waals surface area contributed by atoms with E-state index in [4.69, 9.17) is 17.0 Å². The van der Waals surface area contributed by atoms with Gasteiger partial charge >= 0.3 is 0 Å². The van der Waals surface area contributed by atoms with Gasteiger partial charge in [0.1, 0.15) is 11.6 Å². The Morgan fingerprint density at radius 3 is 2.80 bits per heavy atom. The zero-order valence-corrected chi connectivity index (χ0v) is 14.1. The highest BCUT2D eigenvalue weighted by Gasteiger charge is 2.16. The number of carbonyl (C=O) groups excluding carboxylic acids is 1. The molecule has 0 radical (unpaired) electrons. The molecule has 0 aromatic heterocycles. The van der Waals surface area contributed by atoms with Crippen LogP contribution in [-0.4, -0.2) is 23.3 Å². The van der Waals surface area contributed by atoms with Gasteiger partial charge in [-0.1, -0.05) is 0 Å². The number of fused-ring (bicyclic) bond motifs is 1. The Hall–Kier alpha value is -3.00. The lowest BCUT2D eigenvalue weighted by atomic mass is 10.1. The summed E-state index contributed by atoms with van der Waals surface area (Å²) >= 11 is 5.15. The lowest BCUT2D eigenvalue weighted by molar-refractivity contribution is -0.118. The van der Waals surface area contributed by atoms with Crippen LogP contribution in [0, 0.1) is 5.82 Å². The highest BCUT2D eigenvalue weighted by molar-refractivity contribution is 7.80. The van der Waals surface area contributed by atoms with Crippen molar-refractivity contribution < 1.29 is 13.9 Å². The van der Waals surface area contributed by atoms with Crippen molar-refractivity contribution in [2.24, 2.45) is 5.10 Å². The van der Waals surface area contributed by atoms with Crippen molar-refractivity contribution in [1.82, 2.24) is 5.43 Å². The monoisotopic (exact) mass is 358 g/mol. The van der Waals surface area contributed by atoms with E-state index in [2.05, 4.69) is 21.2 Å². The molecule has 0 saturated carbocycles. The van der Waals surface area contributed by atoms with Gasteiger partial charge in [-0.25, -0.2) is 4.39 Å². The van der Waals surface area contributed by atoms with E-state index in [0.29, 0.717) is 22.8 Å². The van der Waals surface area contributed by atoms with Crippen LogP contribution in [0.25, 0.3) is 0 Å². The molecule has 0 fully saturated rings. The van der Waals surface area contributed by atoms with Crippen molar-refractivity contribution >= 4 is 40.3 Å². The van der Waals surface area contributed by atoms with Crippen LogP contribution in [0.3, 0.4) is 0 Å². The van der Waals surface area contributed by atoms with Crippen molar-refractivity contribution in [3.8, 4) is 5.75 Å². The van der Waals surface area contributed by atoms with Gasteiger partial charge in [0.2, 0.25) is 0 Å². The zero-order chi connectivity index (χ0) is 17.8. The summed E-state index contributed by atoms with van der Waals surface area (Å²) in [4.78, 5) is 11.4. The Morgan fingerprint density at radius 1 is 1.28 bits per heavy atom. The molecule has 0 atom stereocenters. The second-order valence-corrected chi connectivity index (χ2v) is 5.73. The van der Waals surface area contributed by atoms with E-state index < -0.39 is 0 Å². The van der Waals surface area contributed by atoms with Crippen LogP contribution in [0.1, 0.15) is 12.5 Å². The zero-order valence-electron chi connectivity index (χ0n) is 13.3. The molecule has 25 heavy (non-hydrogen) atoms. The topological polar surface area (TPSA) is 74.8 Å². The molecule has 1 amide bonds. The summed E-state index contributed by atoms with van der Waals surface area (Å²) in [5.74, 6) is 0.112. The van der Waals surface area contributed by atoms with E-state index in [-0.39, 0.29) is 23.4 Å². The first-order valence-electron chi connectivity index (χ1n) is 7.45. The maximum Gasteiger partial charge on any atom is 0.262 e. The molecule has 2 aromatic rings. The largest absolute Gasteiger partial charge is 0.482 e. The average molecular weight is 358 g/mol. The summed E-state index contributed by atoms with van der Waals surface area (Å²) < 4.78 is 18.2. The summed E-state index contributed by atoms with van der Waals surface area (Å²) in [6.45, 7) is 1.82. The summed E-state index contributed by atoms with van der Waals surface area (Å²) in [7, 11) is 0. The standard InChI is InChI=1S/C17H15FN4O2S/c1-10(11-2-7-15-14(8-11)20-16(23)9-24-15)21-22-17(25)19-13-5-3-12(18)4-6-13/h2-8H,9H2,1H3,(H,20,23)(H2,19,22,25)/b21-10-. The number of benzene rings is 2. The second kappa shape index (κ2) is 7.27. The molecule has 1 aliphatic rings. The van der Waals surface area contributed by atoms with E-state index in [0.717, 1.165) is 5.56 Å². The van der Waals surface area contributed by atoms with E-state index in [9.17, 15) is 9.18 Å². The van der Waals surface area contributed by atoms with E-state index >= 15 is 0 Å². The van der Waals surface area contributed by atoms with Crippen molar-refractivity contribution in [3.05, 3.63) is 53.8 Å². The Kier molecular flexibility index (Phi) is 4.90. The van der Waals surface area contributed by atoms with Crippen LogP contribution < -0.4 is 20.8 Å². The highest BCUT2D eigenvalue weighted by atomic mass is 32.1. The van der Waals surface area contributed by atoms with Gasteiger partial charge in [-0.3, -0.25) is 10.2 Å². The number of nitrogens with zero attached hydrogens (tertiary/aromatic N) is 1. The molecule has 8 heteroatoms. The maximum atomic E-state index is 12.9. The molecule has 3 rings (SSSR count). The summed E-state index contributed by atoms with van der Waals surface area (Å²) in [5.41, 5.74) is 5.47. The fourth-order valence-electron chi connectivity index (χ4n) is 2.20. The first kappa shape index (κ1) is 16.8. The van der Waals surface area contributed by atoms with Crippen molar-refractivity contribution in [1.29, 1.82) is 0 Å². The average Bonchev–Trinajstić information content (AvgIpc) is 2.61. The molecule has 128 valence electrons. The predicted octanol–water partition coefficient (Wildman–Crippen LogP) is 2.87. The number of thiocarbonyl (C=S) groups is 1. The summed E-state index contributed by atoms with van der Waals surface area (Å²) in [6.07, 6.45) is 0. The fourth-order valence-corrected chi connectivity index (χ4v) is 2.36. The lowest BCUT2D eigenvalue weighted by Crippen LogP contribution is -2.26. The molecule has 1 aliphatic heterocycles. The smallest absolute Gasteiger partial charge is 0.262 e. The van der Waals surface area contributed by atoms with E-state index in [1.807, 2.05) is 6.07 Å². The summed E-state index contributed by atoms with van der Waals surface area (Å²) in [5, 5.41) is 10.1. The number of amides is 1. The number of carbonyl (C=O) groups is 1. The van der Waals surface area contributed by atoms with Gasteiger partial charge in [-0.15, -0.1) is 0 Å². The van der Waals surface area contributed by atoms with Crippen molar-refractivity contribution in [2.75, 3.05) is 17.2 Å². The second-order valence-electron chi connectivity index (χ2n) is 5.32. The molecule has 0 bridgehead atoms. The lowest BCUT2D eigenvalue weighted by Gasteiger charge is -2.18. The number of hydrogen-bond acceptors (Lipinski definition) is 4. The number of hydrogen-bond donors (Lipinski definition) is 3. The molecule has 3 N–H and O–H groups in total. The quantitative estimate of drug-likeness (QED) is 0.447. The Morgan fingerprint density at radius 2 is 2.04 bits per heavy atom. The van der Waals surface area contributed by atoms with Crippen LogP contribution in [-0.2, 0) is 4.79 Å². The normalized spacial score (nSPS) is 13.4. The molecule has 0 spiro atoms. The molecular weight excluding hydrogens is 343 g/mol. The SMILES string of the molecule is C/C(=N/NC(=S)Nc1ccc(F)cc1)c1ccc2c(c1)NC(=O)CO2. The fraction of sp³-hybridized carbons (Fsp3) is 0.118. The Balaban J connectivity index is 1.65. The maximum absolute atomic E-state index is 12.9. The molecule has 0 aliphatic carbocycles. The van der Waals surface area contributed by atoms with Crippen LogP contribution in [0.4, 0.5) is 15.8 Å². The number of ether oxygens (including phenoxy) is 1. The van der Waals surface area contributed by atoms with Gasteiger partial charge in [0.25, 0.3) is 5.91 Å². The number of hydrazone groups is 1.